The SMILES string of the molecule is Cc1ccc2c(c1)[C@@H]1C[NH+](C)CC[C@@H]1N2C(=O)C1CCC1.[Cl-]. The first kappa shape index (κ1) is 15.8. The molecule has 3 aliphatic rings. The van der Waals surface area contributed by atoms with Gasteiger partial charge in [0.05, 0.1) is 32.1 Å². The number of piperidine rings is 1. The standard InChI is InChI=1S/C18H24N2O.ClH/c1-12-6-7-16-14(10-12)15-11-19(2)9-8-17(15)20(16)18(21)13-4-3-5-13;/h6-7,10,13,15,17H,3-5,8-9,11H2,1-2H3;1H/t15-,17-;/m0./s1. The first-order valence-electron chi connectivity index (χ1n) is 8.40. The van der Waals surface area contributed by atoms with Crippen molar-refractivity contribution < 1.29 is 22.1 Å². The number of nitrogens with one attached hydrogen (secondary N) is 1. The van der Waals surface area contributed by atoms with Gasteiger partial charge in [0.1, 0.15) is 0 Å². The highest BCUT2D eigenvalue weighted by Crippen LogP contribution is 2.45. The Bertz CT molecular complexity index is 584. The Morgan fingerprint density at radius 1 is 1.27 bits per heavy atom. The smallest absolute Gasteiger partial charge is 0.230 e. The van der Waals surface area contributed by atoms with Crippen molar-refractivity contribution in [1.82, 2.24) is 0 Å². The van der Waals surface area contributed by atoms with Gasteiger partial charge in [-0.25, -0.2) is 0 Å². The summed E-state index contributed by atoms with van der Waals surface area (Å²) >= 11 is 0. The largest absolute Gasteiger partial charge is 1.00 e. The molecule has 4 rings (SSSR count). The van der Waals surface area contributed by atoms with Crippen molar-refractivity contribution in [1.29, 1.82) is 0 Å². The Morgan fingerprint density at radius 3 is 2.73 bits per heavy atom. The molecule has 1 aromatic carbocycles. The minimum absolute atomic E-state index is 0. The molecule has 1 amide bonds. The van der Waals surface area contributed by atoms with Crippen molar-refractivity contribution in [2.75, 3.05) is 25.0 Å². The zero-order valence-electron chi connectivity index (χ0n) is 13.4. The van der Waals surface area contributed by atoms with Gasteiger partial charge in [0.15, 0.2) is 0 Å². The summed E-state index contributed by atoms with van der Waals surface area (Å²) in [6.45, 7) is 4.50. The van der Waals surface area contributed by atoms with Gasteiger partial charge in [-0.3, -0.25) is 4.79 Å². The Labute approximate surface area is 139 Å². The number of aryl methyl sites for hydroxylation is 1. The molecule has 1 saturated heterocycles. The maximum absolute atomic E-state index is 12.9. The van der Waals surface area contributed by atoms with Gasteiger partial charge in [-0.15, -0.1) is 0 Å². The number of rotatable bonds is 1. The lowest BCUT2D eigenvalue weighted by molar-refractivity contribution is -0.886. The van der Waals surface area contributed by atoms with Gasteiger partial charge in [-0.05, 0) is 31.4 Å². The highest BCUT2D eigenvalue weighted by molar-refractivity contribution is 5.98. The molecule has 2 aliphatic heterocycles. The number of hydrogen-bond donors (Lipinski definition) is 1. The van der Waals surface area contributed by atoms with E-state index in [9.17, 15) is 4.79 Å². The molecule has 0 bridgehead atoms. The number of benzene rings is 1. The van der Waals surface area contributed by atoms with E-state index in [1.807, 2.05) is 0 Å². The summed E-state index contributed by atoms with van der Waals surface area (Å²) < 4.78 is 0. The monoisotopic (exact) mass is 320 g/mol. The zero-order chi connectivity index (χ0) is 14.6. The average molecular weight is 321 g/mol. The number of carbonyl (C=O) groups is 1. The fourth-order valence-electron chi connectivity index (χ4n) is 4.34. The predicted molar refractivity (Wildman–Crippen MR) is 83.8 cm³/mol. The molecule has 1 N–H and O–H groups in total. The lowest BCUT2D eigenvalue weighted by atomic mass is 9.83. The third-order valence-corrected chi connectivity index (χ3v) is 5.77. The number of likely N-dealkylation sites (N-methyl/N-ethyl adjacent to an activating group) is 1. The number of halogens is 1. The molecular weight excluding hydrogens is 296 g/mol. The maximum Gasteiger partial charge on any atom is 0.230 e. The van der Waals surface area contributed by atoms with E-state index in [0.717, 1.165) is 25.8 Å². The molecule has 22 heavy (non-hydrogen) atoms. The van der Waals surface area contributed by atoms with Crippen molar-refractivity contribution in [3.8, 4) is 0 Å². The van der Waals surface area contributed by atoms with Crippen LogP contribution in [0.25, 0.3) is 0 Å². The molecule has 3 atom stereocenters. The summed E-state index contributed by atoms with van der Waals surface area (Å²) in [6, 6.07) is 7.08. The summed E-state index contributed by atoms with van der Waals surface area (Å²) in [4.78, 5) is 16.7. The van der Waals surface area contributed by atoms with E-state index in [0.29, 0.717) is 23.8 Å². The number of hydrogen-bond acceptors (Lipinski definition) is 1. The van der Waals surface area contributed by atoms with Gasteiger partial charge in [0.2, 0.25) is 5.91 Å². The Hall–Kier alpha value is -1.06. The van der Waals surface area contributed by atoms with Gasteiger partial charge in [-0.1, -0.05) is 24.1 Å². The second-order valence-electron chi connectivity index (χ2n) is 7.27. The third-order valence-electron chi connectivity index (χ3n) is 5.77. The van der Waals surface area contributed by atoms with Crippen molar-refractivity contribution in [2.45, 2.75) is 44.6 Å². The number of fused-ring (bicyclic) bond motifs is 3. The van der Waals surface area contributed by atoms with Crippen molar-refractivity contribution in [3.05, 3.63) is 29.3 Å². The summed E-state index contributed by atoms with van der Waals surface area (Å²) in [6.07, 6.45) is 4.56. The van der Waals surface area contributed by atoms with Crippen molar-refractivity contribution >= 4 is 11.6 Å². The highest BCUT2D eigenvalue weighted by Gasteiger charge is 2.47. The third kappa shape index (κ3) is 2.35. The van der Waals surface area contributed by atoms with Crippen LogP contribution >= 0.6 is 0 Å². The number of carbonyl (C=O) groups excluding carboxylic acids is 1. The number of amides is 1. The van der Waals surface area contributed by atoms with Gasteiger partial charge in [-0.2, -0.15) is 0 Å². The van der Waals surface area contributed by atoms with E-state index in [1.165, 1.54) is 29.8 Å². The summed E-state index contributed by atoms with van der Waals surface area (Å²) in [5.41, 5.74) is 3.95. The van der Waals surface area contributed by atoms with Crippen molar-refractivity contribution in [2.24, 2.45) is 5.92 Å². The van der Waals surface area contributed by atoms with Gasteiger partial charge in [0.25, 0.3) is 0 Å². The van der Waals surface area contributed by atoms with Crippen LogP contribution in [0.5, 0.6) is 0 Å². The van der Waals surface area contributed by atoms with E-state index in [4.69, 9.17) is 0 Å². The van der Waals surface area contributed by atoms with Crippen LogP contribution in [0.1, 0.15) is 42.7 Å². The van der Waals surface area contributed by atoms with E-state index < -0.39 is 0 Å². The minimum Gasteiger partial charge on any atom is -1.00 e. The molecule has 1 saturated carbocycles. The first-order chi connectivity index (χ1) is 10.1. The first-order valence-corrected chi connectivity index (χ1v) is 8.40. The maximum atomic E-state index is 12.9. The van der Waals surface area contributed by atoms with Crippen LogP contribution in [0.15, 0.2) is 18.2 Å². The van der Waals surface area contributed by atoms with Crippen LogP contribution < -0.4 is 22.2 Å². The fraction of sp³-hybridized carbons (Fsp3) is 0.611. The Kier molecular flexibility index (Phi) is 4.21. The van der Waals surface area contributed by atoms with Gasteiger partial charge in [0, 0.05) is 18.0 Å². The highest BCUT2D eigenvalue weighted by atomic mass is 35.5. The number of quaternary nitrogens is 1. The van der Waals surface area contributed by atoms with E-state index in [2.05, 4.69) is 37.1 Å². The summed E-state index contributed by atoms with van der Waals surface area (Å²) in [7, 11) is 2.28. The summed E-state index contributed by atoms with van der Waals surface area (Å²) in [5.74, 6) is 1.24. The van der Waals surface area contributed by atoms with Crippen LogP contribution in [0.2, 0.25) is 0 Å². The lowest BCUT2D eigenvalue weighted by Gasteiger charge is -2.37. The molecule has 0 aromatic heterocycles. The predicted octanol–water partition coefficient (Wildman–Crippen LogP) is -1.48. The minimum atomic E-state index is 0. The molecule has 4 heteroatoms. The van der Waals surface area contributed by atoms with E-state index in [1.54, 1.807) is 4.90 Å². The number of anilines is 1. The quantitative estimate of drug-likeness (QED) is 0.670. The Morgan fingerprint density at radius 2 is 2.05 bits per heavy atom. The van der Waals surface area contributed by atoms with E-state index in [-0.39, 0.29) is 12.4 Å². The molecule has 2 fully saturated rings. The molecule has 1 aromatic rings. The van der Waals surface area contributed by atoms with Gasteiger partial charge < -0.3 is 22.2 Å². The molecule has 1 aliphatic carbocycles. The van der Waals surface area contributed by atoms with E-state index >= 15 is 0 Å². The number of likely N-dealkylation sites (tertiary alicyclic amines) is 1. The van der Waals surface area contributed by atoms with Gasteiger partial charge >= 0.3 is 0 Å². The molecule has 120 valence electrons. The van der Waals surface area contributed by atoms with Crippen LogP contribution in [-0.4, -0.2) is 32.1 Å². The normalized spacial score (nSPS) is 30.1. The second kappa shape index (κ2) is 5.86. The molecular formula is C18H25ClN2O. The average Bonchev–Trinajstić information content (AvgIpc) is 2.70. The fourth-order valence-corrected chi connectivity index (χ4v) is 4.34. The summed E-state index contributed by atoms with van der Waals surface area (Å²) in [5, 5.41) is 0. The molecule has 0 spiro atoms. The molecule has 0 radical (unpaired) electrons. The van der Waals surface area contributed by atoms with Crippen molar-refractivity contribution in [3.63, 3.8) is 0 Å². The zero-order valence-corrected chi connectivity index (χ0v) is 14.2. The number of nitrogens with zero attached hydrogens (tertiary/aromatic N) is 1. The van der Waals surface area contributed by atoms with Crippen LogP contribution in [0, 0.1) is 12.8 Å². The molecule has 3 nitrogen and oxygen atoms in total. The lowest BCUT2D eigenvalue weighted by Crippen LogP contribution is -3.11. The Balaban J connectivity index is 0.00000144. The van der Waals surface area contributed by atoms with Crippen LogP contribution in [-0.2, 0) is 4.79 Å². The molecule has 1 unspecified atom stereocenters. The van der Waals surface area contributed by atoms with Crippen LogP contribution in [0.4, 0.5) is 5.69 Å². The van der Waals surface area contributed by atoms with Crippen LogP contribution in [0.3, 0.4) is 0 Å². The molecule has 2 heterocycles. The second-order valence-corrected chi connectivity index (χ2v) is 7.27. The topological polar surface area (TPSA) is 24.8 Å².